The highest BCUT2D eigenvalue weighted by Crippen LogP contribution is 2.28. The second-order valence-electron chi connectivity index (χ2n) is 6.70. The summed E-state index contributed by atoms with van der Waals surface area (Å²) >= 11 is 2.97. The molecule has 2 aromatic heterocycles. The average Bonchev–Trinajstić information content (AvgIpc) is 3.53. The largest absolute Gasteiger partial charge is 0.497 e. The average molecular weight is 467 g/mol. The van der Waals surface area contributed by atoms with Gasteiger partial charge in [-0.2, -0.15) is 0 Å². The monoisotopic (exact) mass is 466 g/mol. The van der Waals surface area contributed by atoms with E-state index in [0.717, 1.165) is 22.0 Å². The van der Waals surface area contributed by atoms with Crippen LogP contribution < -0.4 is 14.4 Å². The fourth-order valence-corrected chi connectivity index (χ4v) is 4.66. The molecule has 4 aromatic rings. The summed E-state index contributed by atoms with van der Waals surface area (Å²) in [6.45, 7) is 0.503. The Morgan fingerprint density at radius 2 is 1.88 bits per heavy atom. The smallest absolute Gasteiger partial charge is 0.237 e. The van der Waals surface area contributed by atoms with Crippen molar-refractivity contribution in [3.8, 4) is 17.2 Å². The maximum atomic E-state index is 13.3. The van der Waals surface area contributed by atoms with E-state index in [1.54, 1.807) is 36.8 Å². The molecule has 0 unspecified atom stereocenters. The van der Waals surface area contributed by atoms with Crippen molar-refractivity contribution in [1.29, 1.82) is 0 Å². The van der Waals surface area contributed by atoms with Crippen molar-refractivity contribution >= 4 is 34.7 Å². The Bertz CT molecular complexity index is 1160. The maximum Gasteiger partial charge on any atom is 0.237 e. The van der Waals surface area contributed by atoms with Gasteiger partial charge in [0.2, 0.25) is 5.91 Å². The van der Waals surface area contributed by atoms with E-state index in [4.69, 9.17) is 9.47 Å². The summed E-state index contributed by atoms with van der Waals surface area (Å²) in [7, 11) is 3.24. The molecule has 7 nitrogen and oxygen atoms in total. The number of benzene rings is 2. The van der Waals surface area contributed by atoms with Crippen LogP contribution >= 0.6 is 23.1 Å². The SMILES string of the molecule is COc1ccc(N(Cc2cccs2)C(=O)CSc2nncn2-c2ccccc2OC)cc1. The Balaban J connectivity index is 1.53. The predicted octanol–water partition coefficient (Wildman–Crippen LogP) is 4.67. The zero-order chi connectivity index (χ0) is 22.3. The van der Waals surface area contributed by atoms with Crippen molar-refractivity contribution in [2.24, 2.45) is 0 Å². The van der Waals surface area contributed by atoms with Gasteiger partial charge in [-0.15, -0.1) is 21.5 Å². The number of para-hydroxylation sites is 2. The second-order valence-corrected chi connectivity index (χ2v) is 8.68. The van der Waals surface area contributed by atoms with E-state index in [0.29, 0.717) is 17.5 Å². The highest BCUT2D eigenvalue weighted by Gasteiger charge is 2.19. The lowest BCUT2D eigenvalue weighted by Crippen LogP contribution is -2.31. The van der Waals surface area contributed by atoms with E-state index in [9.17, 15) is 4.79 Å². The molecule has 0 fully saturated rings. The molecule has 0 spiro atoms. The fraction of sp³-hybridized carbons (Fsp3) is 0.174. The number of anilines is 1. The topological polar surface area (TPSA) is 69.5 Å². The summed E-state index contributed by atoms with van der Waals surface area (Å²) in [6, 6.07) is 19.1. The van der Waals surface area contributed by atoms with Crippen molar-refractivity contribution in [3.05, 3.63) is 77.2 Å². The third-order valence-electron chi connectivity index (χ3n) is 4.77. The molecule has 0 saturated carbocycles. The van der Waals surface area contributed by atoms with Gasteiger partial charge in [-0.25, -0.2) is 0 Å². The van der Waals surface area contributed by atoms with Crippen LogP contribution in [-0.4, -0.2) is 40.6 Å². The van der Waals surface area contributed by atoms with Crippen LogP contribution in [0.5, 0.6) is 11.5 Å². The summed E-state index contributed by atoms with van der Waals surface area (Å²) in [6.07, 6.45) is 1.62. The Kier molecular flexibility index (Phi) is 7.08. The standard InChI is InChI=1S/C23H22N4O3S2/c1-29-18-11-9-17(10-12-18)26(14-19-6-5-13-31-19)22(28)15-32-23-25-24-16-27(23)20-7-3-4-8-21(20)30-2/h3-13,16H,14-15H2,1-2H3. The molecule has 0 radical (unpaired) electrons. The van der Waals surface area contributed by atoms with Gasteiger partial charge in [-0.3, -0.25) is 9.36 Å². The van der Waals surface area contributed by atoms with Gasteiger partial charge in [0.1, 0.15) is 17.8 Å². The van der Waals surface area contributed by atoms with Gasteiger partial charge in [0.05, 0.1) is 32.2 Å². The number of ether oxygens (including phenoxy) is 2. The van der Waals surface area contributed by atoms with Crippen LogP contribution in [-0.2, 0) is 11.3 Å². The van der Waals surface area contributed by atoms with Gasteiger partial charge in [-0.1, -0.05) is 30.0 Å². The summed E-state index contributed by atoms with van der Waals surface area (Å²) < 4.78 is 12.5. The van der Waals surface area contributed by atoms with Crippen LogP contribution in [0.2, 0.25) is 0 Å². The van der Waals surface area contributed by atoms with Gasteiger partial charge in [0, 0.05) is 10.6 Å². The maximum absolute atomic E-state index is 13.3. The lowest BCUT2D eigenvalue weighted by molar-refractivity contribution is -0.116. The number of thiophene rings is 1. The second kappa shape index (κ2) is 10.3. The van der Waals surface area contributed by atoms with E-state index in [-0.39, 0.29) is 11.7 Å². The number of hydrogen-bond acceptors (Lipinski definition) is 7. The Hall–Kier alpha value is -3.30. The number of hydrogen-bond donors (Lipinski definition) is 0. The van der Waals surface area contributed by atoms with Crippen molar-refractivity contribution < 1.29 is 14.3 Å². The van der Waals surface area contributed by atoms with E-state index in [1.165, 1.54) is 11.8 Å². The first kappa shape index (κ1) is 21.9. The van der Waals surface area contributed by atoms with Gasteiger partial charge in [0.25, 0.3) is 0 Å². The fourth-order valence-electron chi connectivity index (χ4n) is 3.17. The van der Waals surface area contributed by atoms with Crippen molar-refractivity contribution in [2.45, 2.75) is 11.7 Å². The molecule has 2 heterocycles. The molecule has 2 aromatic carbocycles. The molecular formula is C23H22N4O3S2. The van der Waals surface area contributed by atoms with Crippen LogP contribution in [0.4, 0.5) is 5.69 Å². The lowest BCUT2D eigenvalue weighted by atomic mass is 10.2. The molecule has 164 valence electrons. The summed E-state index contributed by atoms with van der Waals surface area (Å²) in [4.78, 5) is 16.2. The zero-order valence-corrected chi connectivity index (χ0v) is 19.3. The molecular weight excluding hydrogens is 444 g/mol. The minimum Gasteiger partial charge on any atom is -0.497 e. The number of aromatic nitrogens is 3. The highest BCUT2D eigenvalue weighted by molar-refractivity contribution is 7.99. The zero-order valence-electron chi connectivity index (χ0n) is 17.7. The van der Waals surface area contributed by atoms with Gasteiger partial charge < -0.3 is 14.4 Å². The highest BCUT2D eigenvalue weighted by atomic mass is 32.2. The molecule has 0 aliphatic rings. The van der Waals surface area contributed by atoms with Crippen LogP contribution in [0.1, 0.15) is 4.88 Å². The number of rotatable bonds is 9. The number of carbonyl (C=O) groups is 1. The van der Waals surface area contributed by atoms with E-state index < -0.39 is 0 Å². The van der Waals surface area contributed by atoms with Gasteiger partial charge in [0.15, 0.2) is 5.16 Å². The molecule has 0 atom stereocenters. The molecule has 0 aliphatic heterocycles. The Morgan fingerprint density at radius 1 is 1.06 bits per heavy atom. The summed E-state index contributed by atoms with van der Waals surface area (Å²) in [5.74, 6) is 1.64. The number of nitrogens with zero attached hydrogens (tertiary/aromatic N) is 4. The normalized spacial score (nSPS) is 10.7. The quantitative estimate of drug-likeness (QED) is 0.334. The first-order chi connectivity index (χ1) is 15.7. The number of thioether (sulfide) groups is 1. The molecule has 0 bridgehead atoms. The number of carbonyl (C=O) groups excluding carboxylic acids is 1. The number of methoxy groups -OCH3 is 2. The van der Waals surface area contributed by atoms with E-state index >= 15 is 0 Å². The molecule has 0 aliphatic carbocycles. The minimum atomic E-state index is -0.0249. The van der Waals surface area contributed by atoms with Crippen LogP contribution in [0.15, 0.2) is 77.5 Å². The summed E-state index contributed by atoms with van der Waals surface area (Å²) in [5.41, 5.74) is 1.64. The van der Waals surface area contributed by atoms with Crippen LogP contribution in [0.3, 0.4) is 0 Å². The molecule has 1 amide bonds. The van der Waals surface area contributed by atoms with Crippen LogP contribution in [0.25, 0.3) is 5.69 Å². The first-order valence-electron chi connectivity index (χ1n) is 9.82. The lowest BCUT2D eigenvalue weighted by Gasteiger charge is -2.22. The summed E-state index contributed by atoms with van der Waals surface area (Å²) in [5, 5.41) is 10.9. The molecule has 4 rings (SSSR count). The third-order valence-corrected chi connectivity index (χ3v) is 6.55. The minimum absolute atomic E-state index is 0.0249. The van der Waals surface area contributed by atoms with Gasteiger partial charge in [-0.05, 0) is 47.8 Å². The Morgan fingerprint density at radius 3 is 2.59 bits per heavy atom. The van der Waals surface area contributed by atoms with Crippen molar-refractivity contribution in [3.63, 3.8) is 0 Å². The molecule has 0 saturated heterocycles. The van der Waals surface area contributed by atoms with E-state index in [2.05, 4.69) is 10.2 Å². The molecule has 9 heteroatoms. The van der Waals surface area contributed by atoms with E-state index in [1.807, 2.05) is 70.6 Å². The number of amides is 1. The molecule has 0 N–H and O–H groups in total. The Labute approximate surface area is 194 Å². The predicted molar refractivity (Wildman–Crippen MR) is 127 cm³/mol. The third kappa shape index (κ3) is 4.95. The van der Waals surface area contributed by atoms with Gasteiger partial charge >= 0.3 is 0 Å². The van der Waals surface area contributed by atoms with Crippen LogP contribution in [0, 0.1) is 0 Å². The van der Waals surface area contributed by atoms with Crippen molar-refractivity contribution in [2.75, 3.05) is 24.9 Å². The van der Waals surface area contributed by atoms with Crippen molar-refractivity contribution in [1.82, 2.24) is 14.8 Å². The first-order valence-corrected chi connectivity index (χ1v) is 11.7. The molecule has 32 heavy (non-hydrogen) atoms.